The highest BCUT2D eigenvalue weighted by molar-refractivity contribution is 7.91. The van der Waals surface area contributed by atoms with Gasteiger partial charge < -0.3 is 5.11 Å². The van der Waals surface area contributed by atoms with E-state index >= 15 is 0 Å². The van der Waals surface area contributed by atoms with Crippen molar-refractivity contribution in [2.75, 3.05) is 0 Å². The fourth-order valence-electron chi connectivity index (χ4n) is 1.77. The molecule has 0 heterocycles. The first-order valence-electron chi connectivity index (χ1n) is 5.76. The Kier molecular flexibility index (Phi) is 4.16. The maximum Gasteiger partial charge on any atom is 0.337 e. The van der Waals surface area contributed by atoms with E-state index in [1.165, 1.54) is 24.3 Å². The predicted molar refractivity (Wildman–Crippen MR) is 77.0 cm³/mol. The van der Waals surface area contributed by atoms with Gasteiger partial charge >= 0.3 is 5.97 Å². The largest absolute Gasteiger partial charge is 0.478 e. The maximum absolute atomic E-state index is 12.5. The van der Waals surface area contributed by atoms with Crippen LogP contribution in [0.5, 0.6) is 0 Å². The van der Waals surface area contributed by atoms with E-state index in [-0.39, 0.29) is 4.90 Å². The van der Waals surface area contributed by atoms with Crippen molar-refractivity contribution in [3.8, 4) is 0 Å². The summed E-state index contributed by atoms with van der Waals surface area (Å²) in [6.07, 6.45) is 0. The van der Waals surface area contributed by atoms with Gasteiger partial charge in [0.2, 0.25) is 9.84 Å². The van der Waals surface area contributed by atoms with Gasteiger partial charge in [0, 0.05) is 17.2 Å². The van der Waals surface area contributed by atoms with Crippen LogP contribution in [0.1, 0.15) is 10.4 Å². The van der Waals surface area contributed by atoms with Crippen LogP contribution in [0.3, 0.4) is 0 Å². The van der Waals surface area contributed by atoms with Gasteiger partial charge in [-0.15, -0.1) is 0 Å². The van der Waals surface area contributed by atoms with Crippen molar-refractivity contribution in [2.45, 2.75) is 9.79 Å². The number of aromatic carboxylic acids is 1. The highest BCUT2D eigenvalue weighted by Gasteiger charge is 2.26. The predicted octanol–water partition coefficient (Wildman–Crippen LogP) is 2.78. The van der Waals surface area contributed by atoms with Crippen molar-refractivity contribution in [1.82, 2.24) is 0 Å². The molecule has 0 atom stereocenters. The molecule has 114 valence electrons. The molecule has 1 N–H and O–H groups in total. The van der Waals surface area contributed by atoms with Gasteiger partial charge in [0.05, 0.1) is 20.3 Å². The molecule has 0 bridgehead atoms. The van der Waals surface area contributed by atoms with Crippen molar-refractivity contribution in [2.24, 2.45) is 0 Å². The van der Waals surface area contributed by atoms with Crippen LogP contribution in [0.25, 0.3) is 0 Å². The Morgan fingerprint density at radius 3 is 2.23 bits per heavy atom. The molecule has 0 aliphatic carbocycles. The minimum atomic E-state index is -4.14. The molecular weight excluding hydrogens is 334 g/mol. The molecule has 0 saturated carbocycles. The molecule has 0 saturated heterocycles. The Hall–Kier alpha value is -2.45. The van der Waals surface area contributed by atoms with Crippen LogP contribution in [-0.4, -0.2) is 24.4 Å². The summed E-state index contributed by atoms with van der Waals surface area (Å²) in [6, 6.07) is 7.71. The molecule has 0 aliphatic rings. The van der Waals surface area contributed by atoms with Crippen molar-refractivity contribution in [3.05, 3.63) is 63.2 Å². The van der Waals surface area contributed by atoms with Crippen LogP contribution in [-0.2, 0) is 9.84 Å². The van der Waals surface area contributed by atoms with E-state index in [1.54, 1.807) is 0 Å². The van der Waals surface area contributed by atoms with Crippen molar-refractivity contribution in [1.29, 1.82) is 0 Å². The lowest BCUT2D eigenvalue weighted by Crippen LogP contribution is -2.10. The zero-order chi connectivity index (χ0) is 16.5. The number of carboxylic acids is 1. The molecular formula is C13H8ClNO6S. The molecule has 7 nitrogen and oxygen atoms in total. The van der Waals surface area contributed by atoms with Gasteiger partial charge in [0.25, 0.3) is 5.69 Å². The first kappa shape index (κ1) is 15.9. The van der Waals surface area contributed by atoms with Gasteiger partial charge in [0.1, 0.15) is 0 Å². The molecule has 0 radical (unpaired) electrons. The molecule has 0 spiro atoms. The molecule has 2 aromatic rings. The maximum atomic E-state index is 12.5. The number of hydrogen-bond acceptors (Lipinski definition) is 5. The molecule has 22 heavy (non-hydrogen) atoms. The third kappa shape index (κ3) is 2.92. The second-order valence-corrected chi connectivity index (χ2v) is 6.55. The van der Waals surface area contributed by atoms with E-state index in [9.17, 15) is 23.3 Å². The lowest BCUT2D eigenvalue weighted by Gasteiger charge is -2.08. The average Bonchev–Trinajstić information content (AvgIpc) is 2.46. The fourth-order valence-corrected chi connectivity index (χ4v) is 3.33. The minimum Gasteiger partial charge on any atom is -0.478 e. The van der Waals surface area contributed by atoms with Gasteiger partial charge in [-0.05, 0) is 30.3 Å². The number of sulfone groups is 1. The Morgan fingerprint density at radius 2 is 1.73 bits per heavy atom. The number of benzene rings is 2. The standard InChI is InChI=1S/C13H8ClNO6S/c14-8-1-4-10(5-2-8)22(20,21)12-6-3-9(15(18)19)7-11(12)13(16)17/h1-7H,(H,16,17). The zero-order valence-electron chi connectivity index (χ0n) is 10.8. The summed E-state index contributed by atoms with van der Waals surface area (Å²) < 4.78 is 25.0. The van der Waals surface area contributed by atoms with Crippen molar-refractivity contribution >= 4 is 33.1 Å². The second kappa shape index (κ2) is 5.74. The van der Waals surface area contributed by atoms with Gasteiger partial charge in [-0.2, -0.15) is 0 Å². The first-order chi connectivity index (χ1) is 10.2. The number of carboxylic acid groups (broad SMARTS) is 1. The first-order valence-corrected chi connectivity index (χ1v) is 7.62. The van der Waals surface area contributed by atoms with Gasteiger partial charge in [0.15, 0.2) is 0 Å². The van der Waals surface area contributed by atoms with Crippen LogP contribution in [0.15, 0.2) is 52.3 Å². The Bertz CT molecular complexity index is 861. The smallest absolute Gasteiger partial charge is 0.337 e. The number of nitro groups is 1. The molecule has 9 heteroatoms. The number of carbonyl (C=O) groups is 1. The monoisotopic (exact) mass is 341 g/mol. The summed E-state index contributed by atoms with van der Waals surface area (Å²) >= 11 is 5.68. The summed E-state index contributed by atoms with van der Waals surface area (Å²) in [5, 5.41) is 20.1. The molecule has 2 aromatic carbocycles. The van der Waals surface area contributed by atoms with Crippen molar-refractivity contribution in [3.63, 3.8) is 0 Å². The zero-order valence-corrected chi connectivity index (χ0v) is 12.3. The van der Waals surface area contributed by atoms with Crippen LogP contribution >= 0.6 is 11.6 Å². The second-order valence-electron chi connectivity index (χ2n) is 4.20. The van der Waals surface area contributed by atoms with E-state index in [4.69, 9.17) is 16.7 Å². The van der Waals surface area contributed by atoms with E-state index in [1.807, 2.05) is 0 Å². The summed E-state index contributed by atoms with van der Waals surface area (Å²) in [4.78, 5) is 20.4. The summed E-state index contributed by atoms with van der Waals surface area (Å²) in [5.74, 6) is -1.57. The number of halogens is 1. The van der Waals surface area contributed by atoms with Crippen LogP contribution in [0.2, 0.25) is 5.02 Å². The van der Waals surface area contributed by atoms with E-state index in [0.717, 1.165) is 12.1 Å². The molecule has 2 rings (SSSR count). The number of nitro benzene ring substituents is 1. The molecule has 0 fully saturated rings. The average molecular weight is 342 g/mol. The van der Waals surface area contributed by atoms with Crippen molar-refractivity contribution < 1.29 is 23.2 Å². The van der Waals surface area contributed by atoms with Gasteiger partial charge in [-0.1, -0.05) is 11.6 Å². The summed E-state index contributed by atoms with van der Waals surface area (Å²) in [7, 11) is -4.14. The van der Waals surface area contributed by atoms with Crippen LogP contribution < -0.4 is 0 Å². The molecule has 0 amide bonds. The quantitative estimate of drug-likeness (QED) is 0.675. The SMILES string of the molecule is O=C(O)c1cc([N+](=O)[O-])ccc1S(=O)(=O)c1ccc(Cl)cc1. The highest BCUT2D eigenvalue weighted by atomic mass is 35.5. The van der Waals surface area contributed by atoms with Crippen LogP contribution in [0.4, 0.5) is 5.69 Å². The van der Waals surface area contributed by atoms with Crippen LogP contribution in [0, 0.1) is 10.1 Å². The number of non-ortho nitro benzene ring substituents is 1. The fraction of sp³-hybridized carbons (Fsp3) is 0. The van der Waals surface area contributed by atoms with Gasteiger partial charge in [-0.25, -0.2) is 13.2 Å². The Labute approximate surface area is 129 Å². The highest BCUT2D eigenvalue weighted by Crippen LogP contribution is 2.28. The minimum absolute atomic E-state index is 0.159. The summed E-state index contributed by atoms with van der Waals surface area (Å²) in [6.45, 7) is 0. The topological polar surface area (TPSA) is 115 Å². The lowest BCUT2D eigenvalue weighted by atomic mass is 10.2. The normalized spacial score (nSPS) is 11.1. The number of rotatable bonds is 4. The third-order valence-electron chi connectivity index (χ3n) is 2.82. The Morgan fingerprint density at radius 1 is 1.14 bits per heavy atom. The lowest BCUT2D eigenvalue weighted by molar-refractivity contribution is -0.384. The third-order valence-corrected chi connectivity index (χ3v) is 4.90. The number of hydrogen-bond donors (Lipinski definition) is 1. The molecule has 0 unspecified atom stereocenters. The summed E-state index contributed by atoms with van der Waals surface area (Å²) in [5.41, 5.74) is -1.17. The van der Waals surface area contributed by atoms with E-state index in [2.05, 4.69) is 0 Å². The molecule has 0 aromatic heterocycles. The van der Waals surface area contributed by atoms with Gasteiger partial charge in [-0.3, -0.25) is 10.1 Å². The van der Waals surface area contributed by atoms with E-state index in [0.29, 0.717) is 11.1 Å². The Balaban J connectivity index is 2.67. The molecule has 0 aliphatic heterocycles. The van der Waals surface area contributed by atoms with E-state index < -0.39 is 36.9 Å². The number of nitrogens with zero attached hydrogens (tertiary/aromatic N) is 1.